The Labute approximate surface area is 279 Å². The number of rotatable bonds is 12. The van der Waals surface area contributed by atoms with Gasteiger partial charge in [0.05, 0.1) is 23.4 Å². The third-order valence-corrected chi connectivity index (χ3v) is 8.40. The molecule has 0 atom stereocenters. The molecule has 48 heavy (non-hydrogen) atoms. The van der Waals surface area contributed by atoms with Crippen molar-refractivity contribution in [2.75, 3.05) is 30.4 Å². The van der Waals surface area contributed by atoms with Gasteiger partial charge in [-0.05, 0) is 53.4 Å². The maximum atomic E-state index is 13.8. The Balaban J connectivity index is 1.51. The third-order valence-electron chi connectivity index (χ3n) is 7.02. The highest BCUT2D eigenvalue weighted by Crippen LogP contribution is 2.43. The number of nitrogens with one attached hydrogen (secondary N) is 2. The first-order valence-corrected chi connectivity index (χ1v) is 16.5. The van der Waals surface area contributed by atoms with Crippen molar-refractivity contribution in [1.29, 1.82) is 0 Å². The monoisotopic (exact) mass is 668 g/mol. The molecule has 0 saturated heterocycles. The molecule has 1 amide bonds. The third kappa shape index (κ3) is 8.59. The molecule has 2 heterocycles. The van der Waals surface area contributed by atoms with Crippen molar-refractivity contribution in [2.24, 2.45) is 0 Å². The summed E-state index contributed by atoms with van der Waals surface area (Å²) in [5, 5.41) is 2.53. The van der Waals surface area contributed by atoms with Crippen LogP contribution in [0.15, 0.2) is 114 Å². The lowest BCUT2D eigenvalue weighted by Crippen LogP contribution is -2.19. The standard InChI is InChI=1S/C36H36N4O7S/c1-36(2,3)26-17-19-27(20-18-26)48(42,43)40-29-24-28(25-12-6-5-7-13-25)38-34(33(29)47-31-15-9-8-14-30(31)44-4)45-22-23-46-35(41)39-32-16-10-11-21-37-32/h5-21,24H,22-23H2,1-4H3,(H,38,40)(H,37,39,41). The van der Waals surface area contributed by atoms with Gasteiger partial charge in [-0.25, -0.2) is 23.2 Å². The van der Waals surface area contributed by atoms with E-state index in [-0.39, 0.29) is 40.8 Å². The van der Waals surface area contributed by atoms with E-state index in [0.29, 0.717) is 28.6 Å². The zero-order valence-corrected chi connectivity index (χ0v) is 27.8. The SMILES string of the molecule is COc1ccccc1Oc1c(NS(=O)(=O)c2ccc(C(C)(C)C)cc2)cc(-c2ccccc2)nc1OCCOC(=O)Nc1ccccn1. The molecule has 0 spiro atoms. The number of benzene rings is 3. The minimum atomic E-state index is -4.12. The number of ether oxygens (including phenoxy) is 4. The van der Waals surface area contributed by atoms with Crippen molar-refractivity contribution in [2.45, 2.75) is 31.1 Å². The van der Waals surface area contributed by atoms with Crippen molar-refractivity contribution >= 4 is 27.6 Å². The summed E-state index contributed by atoms with van der Waals surface area (Å²) in [6.45, 7) is 5.86. The molecule has 5 aromatic rings. The number of hydrogen-bond donors (Lipinski definition) is 2. The summed E-state index contributed by atoms with van der Waals surface area (Å²) in [5.74, 6) is 0.957. The lowest BCUT2D eigenvalue weighted by molar-refractivity contribution is 0.135. The molecule has 0 saturated carbocycles. The number of aromatic nitrogens is 2. The predicted molar refractivity (Wildman–Crippen MR) is 183 cm³/mol. The smallest absolute Gasteiger partial charge is 0.412 e. The summed E-state index contributed by atoms with van der Waals surface area (Å²) in [7, 11) is -2.62. The zero-order valence-electron chi connectivity index (χ0n) is 27.0. The van der Waals surface area contributed by atoms with Gasteiger partial charge in [-0.1, -0.05) is 81.4 Å². The van der Waals surface area contributed by atoms with Crippen LogP contribution < -0.4 is 24.2 Å². The van der Waals surface area contributed by atoms with Gasteiger partial charge in [0, 0.05) is 11.8 Å². The summed E-state index contributed by atoms with van der Waals surface area (Å²) in [5.41, 5.74) is 2.01. The van der Waals surface area contributed by atoms with Crippen molar-refractivity contribution < 1.29 is 32.2 Å². The first-order valence-electron chi connectivity index (χ1n) is 15.1. The van der Waals surface area contributed by atoms with Crippen molar-refractivity contribution in [1.82, 2.24) is 9.97 Å². The number of amides is 1. The maximum absolute atomic E-state index is 13.8. The molecule has 2 N–H and O–H groups in total. The second-order valence-corrected chi connectivity index (χ2v) is 13.2. The number of carbonyl (C=O) groups excluding carboxylic acids is 1. The van der Waals surface area contributed by atoms with Gasteiger partial charge in [0.2, 0.25) is 5.75 Å². The number of nitrogens with zero attached hydrogens (tertiary/aromatic N) is 2. The number of sulfonamides is 1. The Morgan fingerprint density at radius 1 is 0.833 bits per heavy atom. The van der Waals surface area contributed by atoms with Gasteiger partial charge in [-0.3, -0.25) is 10.0 Å². The molecule has 0 bridgehead atoms. The van der Waals surface area contributed by atoms with E-state index in [1.165, 1.54) is 7.11 Å². The summed E-state index contributed by atoms with van der Waals surface area (Å²) in [6.07, 6.45) is 0.819. The fraction of sp³-hybridized carbons (Fsp3) is 0.194. The van der Waals surface area contributed by atoms with E-state index in [1.807, 2.05) is 30.3 Å². The van der Waals surface area contributed by atoms with E-state index in [2.05, 4.69) is 35.8 Å². The average Bonchev–Trinajstić information content (AvgIpc) is 3.08. The molecule has 0 aliphatic carbocycles. The average molecular weight is 669 g/mol. The molecule has 0 aliphatic heterocycles. The first-order chi connectivity index (χ1) is 23.0. The van der Waals surface area contributed by atoms with Gasteiger partial charge in [0.25, 0.3) is 15.9 Å². The number of pyridine rings is 2. The molecule has 12 heteroatoms. The van der Waals surface area contributed by atoms with Crippen LogP contribution in [-0.2, 0) is 20.2 Å². The van der Waals surface area contributed by atoms with Crippen LogP contribution in [0.3, 0.4) is 0 Å². The van der Waals surface area contributed by atoms with E-state index in [1.54, 1.807) is 79.0 Å². The minimum absolute atomic E-state index is 0.0213. The zero-order chi connectivity index (χ0) is 34.1. The van der Waals surface area contributed by atoms with E-state index < -0.39 is 16.1 Å². The normalized spacial score (nSPS) is 11.3. The van der Waals surface area contributed by atoms with Gasteiger partial charge in [0.1, 0.15) is 19.0 Å². The lowest BCUT2D eigenvalue weighted by atomic mass is 9.87. The Kier molecular flexibility index (Phi) is 10.4. The van der Waals surface area contributed by atoms with Crippen LogP contribution in [-0.4, -0.2) is 44.8 Å². The quantitative estimate of drug-likeness (QED) is 0.128. The van der Waals surface area contributed by atoms with Gasteiger partial charge in [0.15, 0.2) is 11.5 Å². The highest BCUT2D eigenvalue weighted by molar-refractivity contribution is 7.92. The molecule has 2 aromatic heterocycles. The molecular weight excluding hydrogens is 632 g/mol. The molecule has 0 aliphatic rings. The molecule has 248 valence electrons. The fourth-order valence-electron chi connectivity index (χ4n) is 4.54. The van der Waals surface area contributed by atoms with E-state index in [4.69, 9.17) is 23.9 Å². The maximum Gasteiger partial charge on any atom is 0.412 e. The van der Waals surface area contributed by atoms with Crippen LogP contribution in [0.5, 0.6) is 23.1 Å². The predicted octanol–water partition coefficient (Wildman–Crippen LogP) is 7.67. The summed E-state index contributed by atoms with van der Waals surface area (Å²) >= 11 is 0. The molecule has 5 rings (SSSR count). The van der Waals surface area contributed by atoms with Crippen molar-refractivity contribution in [3.63, 3.8) is 0 Å². The molecule has 0 unspecified atom stereocenters. The number of para-hydroxylation sites is 2. The summed E-state index contributed by atoms with van der Waals surface area (Å²) in [6, 6.07) is 29.5. The number of methoxy groups -OCH3 is 1. The van der Waals surface area contributed by atoms with Crippen LogP contribution in [0.2, 0.25) is 0 Å². The Morgan fingerprint density at radius 3 is 2.19 bits per heavy atom. The number of hydrogen-bond acceptors (Lipinski definition) is 9. The lowest BCUT2D eigenvalue weighted by Gasteiger charge is -2.20. The Bertz CT molecular complexity index is 1950. The molecule has 3 aromatic carbocycles. The van der Waals surface area contributed by atoms with Crippen LogP contribution in [0, 0.1) is 0 Å². The highest BCUT2D eigenvalue weighted by atomic mass is 32.2. The first kappa shape index (κ1) is 33.7. The number of carbonyl (C=O) groups is 1. The van der Waals surface area contributed by atoms with Crippen molar-refractivity contribution in [3.05, 3.63) is 115 Å². The van der Waals surface area contributed by atoms with Gasteiger partial charge >= 0.3 is 6.09 Å². The minimum Gasteiger partial charge on any atom is -0.493 e. The van der Waals surface area contributed by atoms with Crippen LogP contribution >= 0.6 is 0 Å². The van der Waals surface area contributed by atoms with Crippen LogP contribution in [0.4, 0.5) is 16.3 Å². The topological polar surface area (TPSA) is 138 Å². The summed E-state index contributed by atoms with van der Waals surface area (Å²) in [4.78, 5) is 21.1. The highest BCUT2D eigenvalue weighted by Gasteiger charge is 2.25. The second-order valence-electron chi connectivity index (χ2n) is 11.5. The van der Waals surface area contributed by atoms with Gasteiger partial charge < -0.3 is 18.9 Å². The fourth-order valence-corrected chi connectivity index (χ4v) is 5.59. The molecule has 11 nitrogen and oxygen atoms in total. The largest absolute Gasteiger partial charge is 0.493 e. The number of anilines is 2. The van der Waals surface area contributed by atoms with Crippen LogP contribution in [0.25, 0.3) is 11.3 Å². The van der Waals surface area contributed by atoms with Gasteiger partial charge in [-0.2, -0.15) is 0 Å². The molecule has 0 radical (unpaired) electrons. The Hall–Kier alpha value is -5.62. The second kappa shape index (κ2) is 14.9. The van der Waals surface area contributed by atoms with Crippen molar-refractivity contribution in [3.8, 4) is 34.4 Å². The summed E-state index contributed by atoms with van der Waals surface area (Å²) < 4.78 is 53.4. The van der Waals surface area contributed by atoms with Gasteiger partial charge in [-0.15, -0.1) is 0 Å². The van der Waals surface area contributed by atoms with Crippen LogP contribution in [0.1, 0.15) is 26.3 Å². The van der Waals surface area contributed by atoms with E-state index in [9.17, 15) is 13.2 Å². The molecular formula is C36H36N4O7S. The Morgan fingerprint density at radius 2 is 1.52 bits per heavy atom. The van der Waals surface area contributed by atoms with E-state index in [0.717, 1.165) is 5.56 Å². The van der Waals surface area contributed by atoms with E-state index >= 15 is 0 Å². The molecule has 0 fully saturated rings.